The molecule has 0 heterocycles. The van der Waals surface area contributed by atoms with Gasteiger partial charge in [-0.3, -0.25) is 4.79 Å². The van der Waals surface area contributed by atoms with Crippen molar-refractivity contribution >= 4 is 15.7 Å². The van der Waals surface area contributed by atoms with Crippen LogP contribution >= 0.6 is 0 Å². The highest BCUT2D eigenvalue weighted by atomic mass is 32.2. The number of carbonyl (C=O) groups excluding carboxylic acids is 1. The zero-order valence-corrected chi connectivity index (χ0v) is 10.7. The maximum atomic E-state index is 11.9. The summed E-state index contributed by atoms with van der Waals surface area (Å²) in [6.45, 7) is 0.267. The van der Waals surface area contributed by atoms with E-state index in [4.69, 9.17) is 5.73 Å². The summed E-state index contributed by atoms with van der Waals surface area (Å²) in [5, 5.41) is 0. The van der Waals surface area contributed by atoms with Crippen molar-refractivity contribution in [1.82, 2.24) is 4.90 Å². The van der Waals surface area contributed by atoms with Gasteiger partial charge >= 0.3 is 0 Å². The van der Waals surface area contributed by atoms with Crippen LogP contribution in [0, 0.1) is 5.92 Å². The van der Waals surface area contributed by atoms with E-state index in [2.05, 4.69) is 0 Å². The zero-order valence-electron chi connectivity index (χ0n) is 9.85. The Bertz CT molecular complexity index is 353. The van der Waals surface area contributed by atoms with Crippen LogP contribution in [0.2, 0.25) is 0 Å². The summed E-state index contributed by atoms with van der Waals surface area (Å²) in [6, 6.07) is 0.122. The first-order valence-corrected chi connectivity index (χ1v) is 7.54. The van der Waals surface area contributed by atoms with Crippen LogP contribution in [0.5, 0.6) is 0 Å². The van der Waals surface area contributed by atoms with Gasteiger partial charge in [0, 0.05) is 31.8 Å². The molecule has 1 saturated carbocycles. The van der Waals surface area contributed by atoms with Gasteiger partial charge in [-0.1, -0.05) is 0 Å². The molecule has 2 atom stereocenters. The summed E-state index contributed by atoms with van der Waals surface area (Å²) in [5.74, 6) is 0.0322. The van der Waals surface area contributed by atoms with Gasteiger partial charge in [0.15, 0.2) is 0 Å². The highest BCUT2D eigenvalue weighted by Crippen LogP contribution is 2.25. The fraction of sp³-hybridized carbons (Fsp3) is 0.900. The monoisotopic (exact) mass is 248 g/mol. The second-order valence-electron chi connectivity index (χ2n) is 4.66. The van der Waals surface area contributed by atoms with Gasteiger partial charge in [-0.2, -0.15) is 0 Å². The molecule has 16 heavy (non-hydrogen) atoms. The van der Waals surface area contributed by atoms with Gasteiger partial charge in [0.1, 0.15) is 9.84 Å². The van der Waals surface area contributed by atoms with Gasteiger partial charge < -0.3 is 10.6 Å². The van der Waals surface area contributed by atoms with Gasteiger partial charge in [0.2, 0.25) is 5.91 Å². The molecule has 0 radical (unpaired) electrons. The highest BCUT2D eigenvalue weighted by molar-refractivity contribution is 7.90. The SMILES string of the molecule is CN(CCS(C)(=O)=O)C(=O)C1CCC(N)C1. The minimum atomic E-state index is -3.01. The number of hydrogen-bond acceptors (Lipinski definition) is 4. The standard InChI is InChI=1S/C10H20N2O3S/c1-12(5-6-16(2,14)15)10(13)8-3-4-9(11)7-8/h8-9H,3-7,11H2,1-2H3. The number of hydrogen-bond donors (Lipinski definition) is 1. The maximum Gasteiger partial charge on any atom is 0.225 e. The Kier molecular flexibility index (Phi) is 4.32. The minimum absolute atomic E-state index is 0.0143. The van der Waals surface area contributed by atoms with Gasteiger partial charge in [-0.05, 0) is 19.3 Å². The van der Waals surface area contributed by atoms with E-state index in [0.29, 0.717) is 0 Å². The van der Waals surface area contributed by atoms with Crippen LogP contribution in [-0.4, -0.2) is 50.9 Å². The lowest BCUT2D eigenvalue weighted by Crippen LogP contribution is -2.35. The molecule has 0 aromatic heterocycles. The molecule has 2 unspecified atom stereocenters. The Morgan fingerprint density at radius 1 is 1.44 bits per heavy atom. The number of rotatable bonds is 4. The van der Waals surface area contributed by atoms with Crippen molar-refractivity contribution < 1.29 is 13.2 Å². The smallest absolute Gasteiger partial charge is 0.225 e. The average Bonchev–Trinajstić information content (AvgIpc) is 2.59. The van der Waals surface area contributed by atoms with Crippen molar-refractivity contribution in [2.75, 3.05) is 25.6 Å². The third-order valence-corrected chi connectivity index (χ3v) is 3.92. The van der Waals surface area contributed by atoms with E-state index in [0.717, 1.165) is 19.3 Å². The van der Waals surface area contributed by atoms with Gasteiger partial charge in [-0.15, -0.1) is 0 Å². The summed E-state index contributed by atoms with van der Waals surface area (Å²) < 4.78 is 21.9. The lowest BCUT2D eigenvalue weighted by Gasteiger charge is -2.20. The molecule has 1 aliphatic rings. The lowest BCUT2D eigenvalue weighted by atomic mass is 10.1. The van der Waals surface area contributed by atoms with E-state index in [-0.39, 0.29) is 30.2 Å². The molecule has 0 bridgehead atoms. The largest absolute Gasteiger partial charge is 0.345 e. The minimum Gasteiger partial charge on any atom is -0.345 e. The van der Waals surface area contributed by atoms with Crippen molar-refractivity contribution in [3.05, 3.63) is 0 Å². The van der Waals surface area contributed by atoms with Crippen molar-refractivity contribution in [2.24, 2.45) is 11.7 Å². The Hall–Kier alpha value is -0.620. The van der Waals surface area contributed by atoms with E-state index >= 15 is 0 Å². The Balaban J connectivity index is 2.42. The van der Waals surface area contributed by atoms with Crippen molar-refractivity contribution in [3.63, 3.8) is 0 Å². The molecule has 0 saturated heterocycles. The van der Waals surface area contributed by atoms with E-state index in [1.807, 2.05) is 0 Å². The van der Waals surface area contributed by atoms with Gasteiger partial charge in [-0.25, -0.2) is 8.42 Å². The molecule has 1 amide bonds. The van der Waals surface area contributed by atoms with Crippen LogP contribution in [0.15, 0.2) is 0 Å². The normalized spacial score (nSPS) is 25.7. The summed E-state index contributed by atoms with van der Waals surface area (Å²) in [7, 11) is -1.36. The molecule has 0 aliphatic heterocycles. The highest BCUT2D eigenvalue weighted by Gasteiger charge is 2.29. The predicted molar refractivity (Wildman–Crippen MR) is 62.7 cm³/mol. The van der Waals surface area contributed by atoms with Crippen molar-refractivity contribution in [2.45, 2.75) is 25.3 Å². The quantitative estimate of drug-likeness (QED) is 0.735. The van der Waals surface area contributed by atoms with E-state index in [1.165, 1.54) is 11.2 Å². The lowest BCUT2D eigenvalue weighted by molar-refractivity contribution is -0.133. The number of nitrogens with two attached hydrogens (primary N) is 1. The van der Waals surface area contributed by atoms with Crippen LogP contribution in [-0.2, 0) is 14.6 Å². The Morgan fingerprint density at radius 3 is 2.50 bits per heavy atom. The molecule has 1 rings (SSSR count). The predicted octanol–water partition coefficient (Wildman–Crippen LogP) is -0.383. The summed E-state index contributed by atoms with van der Waals surface area (Å²) in [6.07, 6.45) is 3.61. The van der Waals surface area contributed by atoms with Gasteiger partial charge in [0.05, 0.1) is 5.75 Å². The summed E-state index contributed by atoms with van der Waals surface area (Å²) in [4.78, 5) is 13.4. The number of amides is 1. The first kappa shape index (κ1) is 13.4. The Labute approximate surface area is 96.9 Å². The molecule has 0 aromatic carbocycles. The second-order valence-corrected chi connectivity index (χ2v) is 6.92. The summed E-state index contributed by atoms with van der Waals surface area (Å²) in [5.41, 5.74) is 5.74. The third-order valence-electron chi connectivity index (χ3n) is 3.00. The average molecular weight is 248 g/mol. The van der Waals surface area contributed by atoms with Crippen LogP contribution in [0.3, 0.4) is 0 Å². The number of sulfone groups is 1. The van der Waals surface area contributed by atoms with Crippen LogP contribution < -0.4 is 5.73 Å². The maximum absolute atomic E-state index is 11.9. The van der Waals surface area contributed by atoms with Crippen LogP contribution in [0.25, 0.3) is 0 Å². The molecular weight excluding hydrogens is 228 g/mol. The molecule has 1 fully saturated rings. The van der Waals surface area contributed by atoms with E-state index in [1.54, 1.807) is 7.05 Å². The van der Waals surface area contributed by atoms with E-state index < -0.39 is 9.84 Å². The topological polar surface area (TPSA) is 80.5 Å². The van der Waals surface area contributed by atoms with Crippen LogP contribution in [0.4, 0.5) is 0 Å². The van der Waals surface area contributed by atoms with Crippen LogP contribution in [0.1, 0.15) is 19.3 Å². The number of carbonyl (C=O) groups is 1. The molecule has 0 spiro atoms. The first-order valence-electron chi connectivity index (χ1n) is 5.48. The van der Waals surface area contributed by atoms with Crippen molar-refractivity contribution in [3.8, 4) is 0 Å². The number of nitrogens with zero attached hydrogens (tertiary/aromatic N) is 1. The molecule has 94 valence electrons. The van der Waals surface area contributed by atoms with E-state index in [9.17, 15) is 13.2 Å². The summed E-state index contributed by atoms with van der Waals surface area (Å²) >= 11 is 0. The zero-order chi connectivity index (χ0) is 12.3. The molecule has 0 aromatic rings. The van der Waals surface area contributed by atoms with Gasteiger partial charge in [0.25, 0.3) is 0 Å². The molecule has 1 aliphatic carbocycles. The molecule has 5 nitrogen and oxygen atoms in total. The third kappa shape index (κ3) is 4.09. The molecule has 2 N–H and O–H groups in total. The first-order chi connectivity index (χ1) is 7.29. The fourth-order valence-electron chi connectivity index (χ4n) is 1.97. The molecular formula is C10H20N2O3S. The fourth-order valence-corrected chi connectivity index (χ4v) is 2.57. The Morgan fingerprint density at radius 2 is 2.06 bits per heavy atom. The second kappa shape index (κ2) is 5.14. The molecule has 6 heteroatoms. The van der Waals surface area contributed by atoms with Crippen molar-refractivity contribution in [1.29, 1.82) is 0 Å².